The lowest BCUT2D eigenvalue weighted by atomic mass is 9.70. The van der Waals surface area contributed by atoms with Gasteiger partial charge in [0.05, 0.1) is 28.7 Å². The Bertz CT molecular complexity index is 1150. The van der Waals surface area contributed by atoms with E-state index < -0.39 is 34.5 Å². The Hall–Kier alpha value is -3.61. The van der Waals surface area contributed by atoms with Crippen molar-refractivity contribution in [1.82, 2.24) is 9.88 Å². The largest absolute Gasteiger partial charge is 0.417 e. The van der Waals surface area contributed by atoms with Gasteiger partial charge in [0.15, 0.2) is 0 Å². The molecule has 34 heavy (non-hydrogen) atoms. The Balaban J connectivity index is 1.53. The van der Waals surface area contributed by atoms with Crippen LogP contribution in [0, 0.1) is 29.6 Å². The number of aromatic nitrogens is 1. The predicted molar refractivity (Wildman–Crippen MR) is 118 cm³/mol. The van der Waals surface area contributed by atoms with E-state index in [-0.39, 0.29) is 12.5 Å². The van der Waals surface area contributed by atoms with Gasteiger partial charge in [0, 0.05) is 49.2 Å². The van der Waals surface area contributed by atoms with Crippen LogP contribution in [0.5, 0.6) is 0 Å². The zero-order valence-electron chi connectivity index (χ0n) is 18.6. The number of anilines is 1. The molecular formula is C24H24F3N5O2. The van der Waals surface area contributed by atoms with Crippen molar-refractivity contribution in [1.29, 1.82) is 5.26 Å². The topological polar surface area (TPSA) is 103 Å². The molecule has 3 heterocycles. The van der Waals surface area contributed by atoms with E-state index in [1.807, 2.05) is 11.8 Å². The predicted octanol–water partition coefficient (Wildman–Crippen LogP) is 3.12. The molecule has 2 N–H and O–H groups in total. The van der Waals surface area contributed by atoms with E-state index in [2.05, 4.69) is 4.98 Å². The van der Waals surface area contributed by atoms with E-state index in [9.17, 15) is 22.8 Å². The smallest absolute Gasteiger partial charge is 0.371 e. The number of nitrogens with zero attached hydrogens (tertiary/aromatic N) is 4. The normalized spacial score (nSPS) is 19.8. The average Bonchev–Trinajstić information content (AvgIpc) is 3.18. The molecule has 2 aliphatic rings. The number of piperidine rings is 1. The molecule has 1 aromatic carbocycles. The molecule has 4 rings (SSSR count). The fraction of sp³-hybridized carbons (Fsp3) is 0.417. The maximum absolute atomic E-state index is 13.4. The van der Waals surface area contributed by atoms with E-state index in [1.54, 1.807) is 23.1 Å². The summed E-state index contributed by atoms with van der Waals surface area (Å²) < 4.78 is 40.1. The molecule has 2 saturated heterocycles. The van der Waals surface area contributed by atoms with Crippen molar-refractivity contribution in [2.24, 2.45) is 17.1 Å². The molecule has 0 saturated carbocycles. The van der Waals surface area contributed by atoms with Crippen LogP contribution in [0.25, 0.3) is 0 Å². The van der Waals surface area contributed by atoms with Crippen LogP contribution in [-0.4, -0.2) is 47.9 Å². The van der Waals surface area contributed by atoms with Crippen molar-refractivity contribution in [3.63, 3.8) is 0 Å². The standard InChI is InChI=1S/C24H24F3N5O2/c1-15-2-3-17(12-30-15)22(34)32-13-20(21(29)33)23(14-32)6-8-31(9-7-23)18-5-4-16(11-28)19(10-18)24(25,26)27/h2-5,10,12,20H,6-9,13-14H2,1H3,(H2,29,33). The molecule has 2 aliphatic heterocycles. The lowest BCUT2D eigenvalue weighted by Gasteiger charge is -2.42. The molecule has 10 heteroatoms. The number of hydrogen-bond acceptors (Lipinski definition) is 5. The second kappa shape index (κ2) is 8.63. The van der Waals surface area contributed by atoms with Crippen LogP contribution in [-0.2, 0) is 11.0 Å². The molecule has 0 aliphatic carbocycles. The molecule has 2 fully saturated rings. The van der Waals surface area contributed by atoms with Gasteiger partial charge in [-0.3, -0.25) is 14.6 Å². The molecule has 0 radical (unpaired) electrons. The fourth-order valence-electron chi connectivity index (χ4n) is 5.07. The Morgan fingerprint density at radius 3 is 2.47 bits per heavy atom. The van der Waals surface area contributed by atoms with Crippen molar-refractivity contribution in [3.8, 4) is 6.07 Å². The number of aryl methyl sites for hydroxylation is 1. The Kier molecular flexibility index (Phi) is 5.98. The van der Waals surface area contributed by atoms with Gasteiger partial charge in [-0.1, -0.05) is 0 Å². The van der Waals surface area contributed by atoms with E-state index in [4.69, 9.17) is 11.0 Å². The van der Waals surface area contributed by atoms with Gasteiger partial charge in [-0.2, -0.15) is 18.4 Å². The van der Waals surface area contributed by atoms with E-state index in [0.717, 1.165) is 11.8 Å². The SMILES string of the molecule is Cc1ccc(C(=O)N2CC(C(N)=O)C3(CCN(c4ccc(C#N)c(C(F)(F)F)c4)CC3)C2)cn1. The van der Waals surface area contributed by atoms with Crippen molar-refractivity contribution in [2.45, 2.75) is 25.9 Å². The molecule has 0 bridgehead atoms. The molecule has 7 nitrogen and oxygen atoms in total. The van der Waals surface area contributed by atoms with Gasteiger partial charge in [0.2, 0.25) is 5.91 Å². The van der Waals surface area contributed by atoms with Crippen LogP contribution in [0.3, 0.4) is 0 Å². The second-order valence-corrected chi connectivity index (χ2v) is 9.02. The summed E-state index contributed by atoms with van der Waals surface area (Å²) in [5.41, 5.74) is 5.38. The lowest BCUT2D eigenvalue weighted by Crippen LogP contribution is -2.47. The van der Waals surface area contributed by atoms with Crippen LogP contribution in [0.1, 0.15) is 40.0 Å². The minimum atomic E-state index is -4.63. The van der Waals surface area contributed by atoms with Gasteiger partial charge in [-0.15, -0.1) is 0 Å². The first-order valence-corrected chi connectivity index (χ1v) is 10.9. The molecule has 178 valence electrons. The van der Waals surface area contributed by atoms with Crippen LogP contribution in [0.4, 0.5) is 18.9 Å². The number of benzene rings is 1. The van der Waals surface area contributed by atoms with Crippen LogP contribution >= 0.6 is 0 Å². The summed E-state index contributed by atoms with van der Waals surface area (Å²) >= 11 is 0. The number of hydrogen-bond donors (Lipinski definition) is 1. The minimum absolute atomic E-state index is 0.205. The third kappa shape index (κ3) is 4.30. The number of pyridine rings is 1. The number of carbonyl (C=O) groups excluding carboxylic acids is 2. The first-order chi connectivity index (χ1) is 16.0. The number of amides is 2. The van der Waals surface area contributed by atoms with Gasteiger partial charge >= 0.3 is 6.18 Å². The summed E-state index contributed by atoms with van der Waals surface area (Å²) in [4.78, 5) is 32.9. The second-order valence-electron chi connectivity index (χ2n) is 9.02. The highest BCUT2D eigenvalue weighted by Crippen LogP contribution is 2.46. The van der Waals surface area contributed by atoms with Crippen LogP contribution in [0.15, 0.2) is 36.5 Å². The zero-order chi connectivity index (χ0) is 24.7. The maximum atomic E-state index is 13.4. The Labute approximate surface area is 195 Å². The number of nitrogens with two attached hydrogens (primary N) is 1. The number of alkyl halides is 3. The van der Waals surface area contributed by atoms with Crippen LogP contribution < -0.4 is 10.6 Å². The zero-order valence-corrected chi connectivity index (χ0v) is 18.6. The third-order valence-corrected chi connectivity index (χ3v) is 6.99. The molecule has 1 unspecified atom stereocenters. The average molecular weight is 471 g/mol. The van der Waals surface area contributed by atoms with Crippen molar-refractivity contribution >= 4 is 17.5 Å². The van der Waals surface area contributed by atoms with Crippen LogP contribution in [0.2, 0.25) is 0 Å². The summed E-state index contributed by atoms with van der Waals surface area (Å²) in [6.07, 6.45) is -2.13. The highest BCUT2D eigenvalue weighted by atomic mass is 19.4. The van der Waals surface area contributed by atoms with Gasteiger partial charge in [-0.25, -0.2) is 0 Å². The first kappa shape index (κ1) is 23.5. The Morgan fingerprint density at radius 1 is 1.21 bits per heavy atom. The summed E-state index contributed by atoms with van der Waals surface area (Å²) in [7, 11) is 0. The van der Waals surface area contributed by atoms with Gasteiger partial charge < -0.3 is 15.5 Å². The third-order valence-electron chi connectivity index (χ3n) is 6.99. The van der Waals surface area contributed by atoms with Crippen molar-refractivity contribution in [2.75, 3.05) is 31.1 Å². The molecule has 2 aromatic rings. The van der Waals surface area contributed by atoms with Crippen molar-refractivity contribution < 1.29 is 22.8 Å². The number of primary amides is 1. The number of likely N-dealkylation sites (tertiary alicyclic amines) is 1. The quantitative estimate of drug-likeness (QED) is 0.741. The van der Waals surface area contributed by atoms with Crippen molar-refractivity contribution in [3.05, 3.63) is 58.9 Å². The van der Waals surface area contributed by atoms with Gasteiger partial charge in [0.25, 0.3) is 5.91 Å². The molecule has 1 spiro atoms. The summed E-state index contributed by atoms with van der Waals surface area (Å²) in [5, 5.41) is 9.03. The van der Waals surface area contributed by atoms with Gasteiger partial charge in [0.1, 0.15) is 0 Å². The fourth-order valence-corrected chi connectivity index (χ4v) is 5.07. The molecular weight excluding hydrogens is 447 g/mol. The van der Waals surface area contributed by atoms with E-state index in [1.165, 1.54) is 18.3 Å². The molecule has 2 amide bonds. The summed E-state index contributed by atoms with van der Waals surface area (Å²) in [6.45, 7) is 3.18. The van der Waals surface area contributed by atoms with E-state index >= 15 is 0 Å². The minimum Gasteiger partial charge on any atom is -0.371 e. The number of carbonyl (C=O) groups is 2. The highest BCUT2D eigenvalue weighted by molar-refractivity contribution is 5.95. The van der Waals surface area contributed by atoms with E-state index in [0.29, 0.717) is 43.7 Å². The number of rotatable bonds is 3. The van der Waals surface area contributed by atoms with Gasteiger partial charge in [-0.05, 0) is 50.1 Å². The summed E-state index contributed by atoms with van der Waals surface area (Å²) in [5.74, 6) is -1.24. The lowest BCUT2D eigenvalue weighted by molar-refractivity contribution is -0.137. The first-order valence-electron chi connectivity index (χ1n) is 10.9. The summed E-state index contributed by atoms with van der Waals surface area (Å²) in [6, 6.07) is 8.72. The molecule has 1 atom stereocenters. The highest BCUT2D eigenvalue weighted by Gasteiger charge is 2.52. The Morgan fingerprint density at radius 2 is 1.91 bits per heavy atom. The monoisotopic (exact) mass is 471 g/mol. The number of nitriles is 1. The number of halogens is 3. The maximum Gasteiger partial charge on any atom is 0.417 e. The molecule has 1 aromatic heterocycles.